The first-order valence-electron chi connectivity index (χ1n) is 7.24. The molecule has 0 bridgehead atoms. The Morgan fingerprint density at radius 1 is 1.48 bits per heavy atom. The van der Waals surface area contributed by atoms with Crippen molar-refractivity contribution in [1.82, 2.24) is 4.90 Å². The van der Waals surface area contributed by atoms with Crippen molar-refractivity contribution in [3.63, 3.8) is 0 Å². The maximum Gasteiger partial charge on any atom is 0.348 e. The van der Waals surface area contributed by atoms with Gasteiger partial charge in [0.15, 0.2) is 0 Å². The van der Waals surface area contributed by atoms with E-state index >= 15 is 0 Å². The van der Waals surface area contributed by atoms with Crippen LogP contribution in [0.4, 0.5) is 0 Å². The Kier molecular flexibility index (Phi) is 5.57. The van der Waals surface area contributed by atoms with Crippen LogP contribution in [0.5, 0.6) is 0 Å². The zero-order chi connectivity index (χ0) is 15.2. The minimum absolute atomic E-state index is 0.342. The van der Waals surface area contributed by atoms with Crippen molar-refractivity contribution in [3.8, 4) is 6.07 Å². The number of esters is 1. The molecule has 0 unspecified atom stereocenters. The molecule has 0 aliphatic carbocycles. The van der Waals surface area contributed by atoms with Crippen molar-refractivity contribution < 1.29 is 14.3 Å². The first-order valence-corrected chi connectivity index (χ1v) is 8.22. The molecule has 2 aliphatic heterocycles. The maximum absolute atomic E-state index is 12.0. The average Bonchev–Trinajstić information content (AvgIpc) is 2.97. The van der Waals surface area contributed by atoms with Crippen LogP contribution in [0.1, 0.15) is 33.1 Å². The normalized spacial score (nSPS) is 26.6. The van der Waals surface area contributed by atoms with E-state index in [1.165, 1.54) is 11.8 Å². The van der Waals surface area contributed by atoms with Gasteiger partial charge in [0.2, 0.25) is 5.88 Å². The lowest BCUT2D eigenvalue weighted by Crippen LogP contribution is -2.23. The lowest BCUT2D eigenvalue weighted by atomic mass is 10.2. The van der Waals surface area contributed by atoms with Crippen LogP contribution in [-0.4, -0.2) is 36.3 Å². The van der Waals surface area contributed by atoms with E-state index in [9.17, 15) is 10.1 Å². The molecule has 21 heavy (non-hydrogen) atoms. The van der Waals surface area contributed by atoms with Gasteiger partial charge in [-0.15, -0.1) is 11.8 Å². The van der Waals surface area contributed by atoms with Crippen LogP contribution < -0.4 is 0 Å². The number of rotatable bonds is 3. The lowest BCUT2D eigenvalue weighted by molar-refractivity contribution is -0.137. The molecule has 0 atom stereocenters. The van der Waals surface area contributed by atoms with E-state index in [0.717, 1.165) is 25.9 Å². The molecular weight excluding hydrogens is 288 g/mol. The van der Waals surface area contributed by atoms with Gasteiger partial charge < -0.3 is 14.4 Å². The van der Waals surface area contributed by atoms with Crippen LogP contribution in [0.25, 0.3) is 0 Å². The van der Waals surface area contributed by atoms with Crippen molar-refractivity contribution in [2.45, 2.75) is 33.1 Å². The molecule has 2 aliphatic rings. The third-order valence-electron chi connectivity index (χ3n) is 3.42. The summed E-state index contributed by atoms with van der Waals surface area (Å²) in [6.07, 6.45) is 2.81. The van der Waals surface area contributed by atoms with Gasteiger partial charge in [-0.25, -0.2) is 4.79 Å². The number of carbonyl (C=O) groups is 1. The fourth-order valence-corrected chi connectivity index (χ4v) is 3.33. The molecule has 6 heteroatoms. The highest BCUT2D eigenvalue weighted by Crippen LogP contribution is 2.32. The smallest absolute Gasteiger partial charge is 0.348 e. The molecule has 2 heterocycles. The molecule has 5 nitrogen and oxygen atoms in total. The van der Waals surface area contributed by atoms with E-state index in [1.807, 2.05) is 0 Å². The lowest BCUT2D eigenvalue weighted by Gasteiger charge is -2.25. The summed E-state index contributed by atoms with van der Waals surface area (Å²) in [5.41, 5.74) is 0.659. The van der Waals surface area contributed by atoms with E-state index in [4.69, 9.17) is 9.47 Å². The number of likely N-dealkylation sites (tertiary alicyclic amines) is 1. The molecule has 0 aromatic heterocycles. The number of thioether (sulfide) groups is 1. The molecule has 0 amide bonds. The van der Waals surface area contributed by atoms with Gasteiger partial charge in [0, 0.05) is 18.8 Å². The van der Waals surface area contributed by atoms with Gasteiger partial charge in [0.1, 0.15) is 16.7 Å². The largest absolute Gasteiger partial charge is 0.462 e. The van der Waals surface area contributed by atoms with E-state index in [1.54, 1.807) is 13.8 Å². The maximum atomic E-state index is 12.0. The topological polar surface area (TPSA) is 62.6 Å². The van der Waals surface area contributed by atoms with Crippen LogP contribution in [0.3, 0.4) is 0 Å². The van der Waals surface area contributed by atoms with E-state index in [-0.39, 0.29) is 5.97 Å². The number of carbonyl (C=O) groups excluding carboxylic acids is 1. The van der Waals surface area contributed by atoms with Gasteiger partial charge in [-0.2, -0.15) is 5.26 Å². The second-order valence-corrected chi connectivity index (χ2v) is 6.00. The first kappa shape index (κ1) is 15.8. The molecular formula is C15H20N2O3S. The van der Waals surface area contributed by atoms with Crippen LogP contribution in [-0.2, 0) is 14.3 Å². The number of hydrogen-bond donors (Lipinski definition) is 0. The zero-order valence-corrected chi connectivity index (χ0v) is 13.3. The van der Waals surface area contributed by atoms with E-state index < -0.39 is 0 Å². The van der Waals surface area contributed by atoms with Crippen LogP contribution in [0, 0.1) is 11.3 Å². The third kappa shape index (κ3) is 3.73. The quantitative estimate of drug-likeness (QED) is 0.747. The predicted molar refractivity (Wildman–Crippen MR) is 80.9 cm³/mol. The Balaban J connectivity index is 2.29. The summed E-state index contributed by atoms with van der Waals surface area (Å²) in [6.45, 7) is 5.68. The molecule has 0 saturated carbocycles. The number of nitriles is 1. The van der Waals surface area contributed by atoms with Crippen LogP contribution >= 0.6 is 11.8 Å². The van der Waals surface area contributed by atoms with Crippen molar-refractivity contribution in [2.24, 2.45) is 0 Å². The summed E-state index contributed by atoms with van der Waals surface area (Å²) in [4.78, 5) is 14.6. The Bertz CT molecular complexity index is 514. The molecule has 0 aromatic rings. The monoisotopic (exact) mass is 308 g/mol. The fraction of sp³-hybridized carbons (Fsp3) is 0.600. The summed E-state index contributed by atoms with van der Waals surface area (Å²) < 4.78 is 11.0. The highest BCUT2D eigenvalue weighted by atomic mass is 32.2. The Morgan fingerprint density at radius 3 is 2.81 bits per heavy atom. The Hall–Kier alpha value is -1.61. The van der Waals surface area contributed by atoms with Crippen LogP contribution in [0.15, 0.2) is 22.1 Å². The molecule has 2 rings (SSSR count). The summed E-state index contributed by atoms with van der Waals surface area (Å²) in [6, 6.07) is 2.25. The molecule has 114 valence electrons. The third-order valence-corrected chi connectivity index (χ3v) is 4.57. The van der Waals surface area contributed by atoms with Gasteiger partial charge in [0.05, 0.1) is 12.2 Å². The van der Waals surface area contributed by atoms with Gasteiger partial charge in [-0.05, 0) is 33.1 Å². The van der Waals surface area contributed by atoms with Gasteiger partial charge in [-0.1, -0.05) is 0 Å². The Labute approximate surface area is 129 Å². The standard InChI is InChI=1S/C15H20N2O3S/c1-3-19-15(18)13-11(2)20-14(17-7-4-5-8-17)12(10-16)6-9-21-13/h3-9H2,1-2H3/b13-11-,14-12+. The van der Waals surface area contributed by atoms with E-state index in [0.29, 0.717) is 40.9 Å². The number of allylic oxidation sites excluding steroid dienone is 2. The SMILES string of the molecule is CCOC(=O)/C1=C(\C)O/C(N2CCCC2)=C(/C#N)CCS1. The highest BCUT2D eigenvalue weighted by Gasteiger charge is 2.26. The molecule has 0 aromatic carbocycles. The molecule has 0 spiro atoms. The van der Waals surface area contributed by atoms with Gasteiger partial charge in [0.25, 0.3) is 0 Å². The zero-order valence-electron chi connectivity index (χ0n) is 12.5. The van der Waals surface area contributed by atoms with E-state index in [2.05, 4.69) is 11.0 Å². The van der Waals surface area contributed by atoms with Crippen molar-refractivity contribution in [1.29, 1.82) is 5.26 Å². The van der Waals surface area contributed by atoms with Crippen molar-refractivity contribution in [3.05, 3.63) is 22.1 Å². The summed E-state index contributed by atoms with van der Waals surface area (Å²) in [5, 5.41) is 9.35. The second kappa shape index (κ2) is 7.41. The van der Waals surface area contributed by atoms with Gasteiger partial charge in [-0.3, -0.25) is 0 Å². The summed E-state index contributed by atoms with van der Waals surface area (Å²) in [7, 11) is 0. The number of ether oxygens (including phenoxy) is 2. The second-order valence-electron chi connectivity index (χ2n) is 4.90. The minimum Gasteiger partial charge on any atom is -0.462 e. The average molecular weight is 308 g/mol. The fourth-order valence-electron chi connectivity index (χ4n) is 2.40. The molecule has 0 radical (unpaired) electrons. The van der Waals surface area contributed by atoms with Crippen molar-refractivity contribution >= 4 is 17.7 Å². The predicted octanol–water partition coefficient (Wildman–Crippen LogP) is 2.77. The minimum atomic E-state index is -0.346. The summed E-state index contributed by atoms with van der Waals surface area (Å²) >= 11 is 1.39. The number of hydrogen-bond acceptors (Lipinski definition) is 6. The van der Waals surface area contributed by atoms with Gasteiger partial charge >= 0.3 is 5.97 Å². The highest BCUT2D eigenvalue weighted by molar-refractivity contribution is 8.04. The van der Waals surface area contributed by atoms with Crippen molar-refractivity contribution in [2.75, 3.05) is 25.4 Å². The van der Waals surface area contributed by atoms with Crippen LogP contribution in [0.2, 0.25) is 0 Å². The molecule has 1 saturated heterocycles. The molecule has 0 N–H and O–H groups in total. The number of nitrogens with zero attached hydrogens (tertiary/aromatic N) is 2. The first-order chi connectivity index (χ1) is 10.2. The summed E-state index contributed by atoms with van der Waals surface area (Å²) in [5.74, 6) is 1.47. The molecule has 1 fully saturated rings. The Morgan fingerprint density at radius 2 is 2.19 bits per heavy atom.